The first-order chi connectivity index (χ1) is 11.6. The van der Waals surface area contributed by atoms with E-state index < -0.39 is 20.6 Å². The summed E-state index contributed by atoms with van der Waals surface area (Å²) in [7, 11) is -4.03. The summed E-state index contributed by atoms with van der Waals surface area (Å²) in [5.74, 6) is 0.158. The fraction of sp³-hybridized carbons (Fsp3) is 0.533. The van der Waals surface area contributed by atoms with Gasteiger partial charge in [0.2, 0.25) is 15.9 Å². The molecule has 0 bridgehead atoms. The number of amides is 1. The highest BCUT2D eigenvalue weighted by Gasteiger charge is 2.19. The van der Waals surface area contributed by atoms with E-state index in [0.717, 1.165) is 12.5 Å². The lowest BCUT2D eigenvalue weighted by Gasteiger charge is -2.20. The fourth-order valence-corrected chi connectivity index (χ4v) is 2.85. The number of carbonyl (C=O) groups is 1. The van der Waals surface area contributed by atoms with E-state index in [1.165, 1.54) is 12.1 Å². The second-order valence-corrected chi connectivity index (χ2v) is 7.55. The first-order valence-electron chi connectivity index (χ1n) is 7.90. The van der Waals surface area contributed by atoms with Crippen LogP contribution in [0.2, 0.25) is 0 Å². The normalized spacial score (nSPS) is 12.7. The van der Waals surface area contributed by atoms with Gasteiger partial charge in [0.25, 0.3) is 5.69 Å². The Morgan fingerprint density at radius 1 is 1.36 bits per heavy atom. The Balaban J connectivity index is 2.74. The van der Waals surface area contributed by atoms with E-state index in [1.807, 2.05) is 20.8 Å². The van der Waals surface area contributed by atoms with Crippen molar-refractivity contribution in [3.05, 3.63) is 28.3 Å². The minimum absolute atomic E-state index is 0.0795. The molecule has 1 unspecified atom stereocenters. The molecule has 9 nitrogen and oxygen atoms in total. The van der Waals surface area contributed by atoms with Crippen LogP contribution in [0.3, 0.4) is 0 Å². The van der Waals surface area contributed by atoms with Crippen LogP contribution in [0.1, 0.15) is 33.6 Å². The summed E-state index contributed by atoms with van der Waals surface area (Å²) in [6, 6.07) is 3.41. The number of nitrogens with two attached hydrogens (primary N) is 1. The molecule has 1 atom stereocenters. The van der Waals surface area contributed by atoms with Crippen LogP contribution in [0.4, 0.5) is 11.4 Å². The van der Waals surface area contributed by atoms with Crippen LogP contribution in [0.5, 0.6) is 0 Å². The molecule has 140 valence electrons. The molecule has 0 aliphatic carbocycles. The molecule has 1 aromatic rings. The van der Waals surface area contributed by atoms with Gasteiger partial charge in [-0.3, -0.25) is 14.9 Å². The number of anilines is 1. The van der Waals surface area contributed by atoms with Gasteiger partial charge in [0.1, 0.15) is 5.69 Å². The van der Waals surface area contributed by atoms with Crippen molar-refractivity contribution in [3.63, 3.8) is 0 Å². The van der Waals surface area contributed by atoms with Gasteiger partial charge in [-0.05, 0) is 24.5 Å². The first kappa shape index (κ1) is 20.8. The molecule has 0 spiro atoms. The number of nitro groups is 1. The van der Waals surface area contributed by atoms with E-state index in [9.17, 15) is 23.3 Å². The third-order valence-electron chi connectivity index (χ3n) is 3.75. The molecule has 0 saturated heterocycles. The first-order valence-corrected chi connectivity index (χ1v) is 9.45. The minimum atomic E-state index is -4.03. The molecule has 0 fully saturated rings. The molecular weight excluding hydrogens is 348 g/mol. The van der Waals surface area contributed by atoms with Gasteiger partial charge in [-0.2, -0.15) is 0 Å². The van der Waals surface area contributed by atoms with Crippen molar-refractivity contribution < 1.29 is 18.1 Å². The SMILES string of the molecule is CCC(NC(=O)CCNc1ccc(S(N)(=O)=O)cc1[N+](=O)[O-])C(C)C. The number of nitrogens with zero attached hydrogens (tertiary/aromatic N) is 1. The Labute approximate surface area is 147 Å². The quantitative estimate of drug-likeness (QED) is 0.443. The molecule has 10 heteroatoms. The largest absolute Gasteiger partial charge is 0.379 e. The van der Waals surface area contributed by atoms with E-state index in [0.29, 0.717) is 5.92 Å². The molecule has 0 heterocycles. The van der Waals surface area contributed by atoms with Crippen LogP contribution in [-0.4, -0.2) is 31.8 Å². The number of carbonyl (C=O) groups excluding carboxylic acids is 1. The van der Waals surface area contributed by atoms with Gasteiger partial charge >= 0.3 is 0 Å². The van der Waals surface area contributed by atoms with Gasteiger partial charge in [-0.25, -0.2) is 13.6 Å². The van der Waals surface area contributed by atoms with Crippen molar-refractivity contribution in [2.75, 3.05) is 11.9 Å². The topological polar surface area (TPSA) is 144 Å². The lowest BCUT2D eigenvalue weighted by Crippen LogP contribution is -2.38. The summed E-state index contributed by atoms with van der Waals surface area (Å²) < 4.78 is 22.6. The summed E-state index contributed by atoms with van der Waals surface area (Å²) in [5.41, 5.74) is -0.290. The summed E-state index contributed by atoms with van der Waals surface area (Å²) >= 11 is 0. The molecule has 0 aliphatic rings. The van der Waals surface area contributed by atoms with E-state index in [1.54, 1.807) is 0 Å². The summed E-state index contributed by atoms with van der Waals surface area (Å²) in [4.78, 5) is 22.0. The number of nitro benzene ring substituents is 1. The van der Waals surface area contributed by atoms with Gasteiger partial charge in [-0.15, -0.1) is 0 Å². The molecule has 0 aromatic heterocycles. The van der Waals surface area contributed by atoms with E-state index in [2.05, 4.69) is 10.6 Å². The zero-order chi connectivity index (χ0) is 19.2. The molecule has 1 amide bonds. The van der Waals surface area contributed by atoms with Crippen molar-refractivity contribution in [1.29, 1.82) is 0 Å². The van der Waals surface area contributed by atoms with Crippen molar-refractivity contribution in [2.45, 2.75) is 44.6 Å². The summed E-state index contributed by atoms with van der Waals surface area (Å²) in [6.07, 6.45) is 0.953. The predicted octanol–water partition coefficient (Wildman–Crippen LogP) is 1.60. The zero-order valence-corrected chi connectivity index (χ0v) is 15.3. The highest BCUT2D eigenvalue weighted by atomic mass is 32.2. The zero-order valence-electron chi connectivity index (χ0n) is 14.5. The molecule has 0 saturated carbocycles. The number of primary sulfonamides is 1. The average molecular weight is 372 g/mol. The molecule has 0 radical (unpaired) electrons. The number of rotatable bonds is 9. The molecule has 4 N–H and O–H groups in total. The van der Waals surface area contributed by atoms with Crippen molar-refractivity contribution >= 4 is 27.3 Å². The summed E-state index contributed by atoms with van der Waals surface area (Å²) in [5, 5.41) is 21.8. The second-order valence-electron chi connectivity index (χ2n) is 5.98. The predicted molar refractivity (Wildman–Crippen MR) is 94.6 cm³/mol. The number of benzene rings is 1. The van der Waals surface area contributed by atoms with Crippen LogP contribution in [0, 0.1) is 16.0 Å². The van der Waals surface area contributed by atoms with Crippen LogP contribution in [0.15, 0.2) is 23.1 Å². The standard InChI is InChI=1S/C15H24N4O5S/c1-4-12(10(2)3)18-15(20)7-8-17-13-6-5-11(25(16,23)24)9-14(13)19(21)22/h5-6,9-10,12,17H,4,7-8H2,1-3H3,(H,18,20)(H2,16,23,24). The van der Waals surface area contributed by atoms with Crippen molar-refractivity contribution in [1.82, 2.24) is 5.32 Å². The Hall–Kier alpha value is -2.20. The molecule has 1 aromatic carbocycles. The van der Waals surface area contributed by atoms with E-state index >= 15 is 0 Å². The Bertz CT molecular complexity index is 733. The van der Waals surface area contributed by atoms with Gasteiger partial charge < -0.3 is 10.6 Å². The van der Waals surface area contributed by atoms with Gasteiger partial charge in [0, 0.05) is 25.1 Å². The highest BCUT2D eigenvalue weighted by Crippen LogP contribution is 2.27. The van der Waals surface area contributed by atoms with Crippen LogP contribution in [-0.2, 0) is 14.8 Å². The fourth-order valence-electron chi connectivity index (χ4n) is 2.32. The number of hydrogen-bond acceptors (Lipinski definition) is 6. The third kappa shape index (κ3) is 6.31. The highest BCUT2D eigenvalue weighted by molar-refractivity contribution is 7.89. The van der Waals surface area contributed by atoms with Crippen molar-refractivity contribution in [2.24, 2.45) is 11.1 Å². The number of nitrogens with one attached hydrogen (secondary N) is 2. The lowest BCUT2D eigenvalue weighted by molar-refractivity contribution is -0.384. The Morgan fingerprint density at radius 2 is 2.00 bits per heavy atom. The van der Waals surface area contributed by atoms with Crippen LogP contribution >= 0.6 is 0 Å². The van der Waals surface area contributed by atoms with Crippen molar-refractivity contribution in [3.8, 4) is 0 Å². The smallest absolute Gasteiger partial charge is 0.293 e. The molecule has 1 rings (SSSR count). The maximum absolute atomic E-state index is 11.9. The second kappa shape index (κ2) is 8.77. The Kier molecular flexibility index (Phi) is 7.31. The monoisotopic (exact) mass is 372 g/mol. The third-order valence-corrected chi connectivity index (χ3v) is 4.66. The number of hydrogen-bond donors (Lipinski definition) is 3. The van der Waals surface area contributed by atoms with Gasteiger partial charge in [0.05, 0.1) is 9.82 Å². The minimum Gasteiger partial charge on any atom is -0.379 e. The van der Waals surface area contributed by atoms with Gasteiger partial charge in [-0.1, -0.05) is 20.8 Å². The maximum atomic E-state index is 11.9. The van der Waals surface area contributed by atoms with Crippen LogP contribution in [0.25, 0.3) is 0 Å². The molecular formula is C15H24N4O5S. The van der Waals surface area contributed by atoms with Crippen LogP contribution < -0.4 is 15.8 Å². The lowest BCUT2D eigenvalue weighted by atomic mass is 10.0. The Morgan fingerprint density at radius 3 is 2.48 bits per heavy atom. The maximum Gasteiger partial charge on any atom is 0.293 e. The molecule has 25 heavy (non-hydrogen) atoms. The molecule has 0 aliphatic heterocycles. The van der Waals surface area contributed by atoms with E-state index in [4.69, 9.17) is 5.14 Å². The summed E-state index contributed by atoms with van der Waals surface area (Å²) in [6.45, 7) is 6.20. The average Bonchev–Trinajstić information content (AvgIpc) is 2.51. The van der Waals surface area contributed by atoms with Gasteiger partial charge in [0.15, 0.2) is 0 Å². The van der Waals surface area contributed by atoms with E-state index in [-0.39, 0.29) is 35.5 Å². The number of sulfonamides is 1.